The van der Waals surface area contributed by atoms with Crippen molar-refractivity contribution in [2.24, 2.45) is 0 Å². The summed E-state index contributed by atoms with van der Waals surface area (Å²) in [4.78, 5) is 23.0. The van der Waals surface area contributed by atoms with Gasteiger partial charge in [-0.05, 0) is 58.2 Å². The van der Waals surface area contributed by atoms with Gasteiger partial charge in [0.05, 0.1) is 11.3 Å². The summed E-state index contributed by atoms with van der Waals surface area (Å²) in [6, 6.07) is 4.95. The van der Waals surface area contributed by atoms with Crippen molar-refractivity contribution in [3.05, 3.63) is 41.5 Å². The van der Waals surface area contributed by atoms with Gasteiger partial charge in [0.15, 0.2) is 0 Å². The molecule has 2 aromatic rings. The number of aryl methyl sites for hydroxylation is 1. The zero-order valence-electron chi connectivity index (χ0n) is 19.4. The van der Waals surface area contributed by atoms with E-state index in [0.717, 1.165) is 24.6 Å². The number of amides is 1. The lowest BCUT2D eigenvalue weighted by Gasteiger charge is -2.39. The van der Waals surface area contributed by atoms with E-state index in [-0.39, 0.29) is 35.8 Å². The smallest absolute Gasteiger partial charge is 0.410 e. The molecular weight excluding hydrogens is 425 g/mol. The highest BCUT2D eigenvalue weighted by molar-refractivity contribution is 5.88. The highest BCUT2D eigenvalue weighted by Gasteiger charge is 2.45. The number of anilines is 2. The van der Waals surface area contributed by atoms with Crippen molar-refractivity contribution in [3.8, 4) is 5.88 Å². The van der Waals surface area contributed by atoms with Gasteiger partial charge in [0.1, 0.15) is 29.7 Å². The van der Waals surface area contributed by atoms with Gasteiger partial charge in [0.25, 0.3) is 0 Å². The molecule has 2 bridgehead atoms. The molecule has 33 heavy (non-hydrogen) atoms. The normalized spacial score (nSPS) is 22.1. The van der Waals surface area contributed by atoms with Crippen LogP contribution in [0.25, 0.3) is 0 Å². The van der Waals surface area contributed by atoms with E-state index in [0.29, 0.717) is 24.2 Å². The first-order valence-electron chi connectivity index (χ1n) is 11.2. The molecule has 9 heteroatoms. The number of carbonyl (C=O) groups excluding carboxylic acids is 1. The summed E-state index contributed by atoms with van der Waals surface area (Å²) in [6.45, 7) is 7.41. The molecule has 1 aromatic carbocycles. The predicted molar refractivity (Wildman–Crippen MR) is 123 cm³/mol. The van der Waals surface area contributed by atoms with Crippen LogP contribution in [0.3, 0.4) is 0 Å². The molecule has 8 nitrogen and oxygen atoms in total. The number of hydrogen-bond acceptors (Lipinski definition) is 7. The number of rotatable bonds is 5. The molecule has 1 amide bonds. The highest BCUT2D eigenvalue weighted by Crippen LogP contribution is 2.38. The van der Waals surface area contributed by atoms with Gasteiger partial charge in [-0.3, -0.25) is 0 Å². The Morgan fingerprint density at radius 3 is 2.55 bits per heavy atom. The van der Waals surface area contributed by atoms with Gasteiger partial charge in [-0.2, -0.15) is 0 Å². The predicted octanol–water partition coefficient (Wildman–Crippen LogP) is 4.97. The fourth-order valence-electron chi connectivity index (χ4n) is 4.55. The molecule has 176 valence electrons. The number of nitrogens with one attached hydrogen (secondary N) is 2. The Kier molecular flexibility index (Phi) is 6.23. The number of aromatic nitrogens is 2. The van der Waals surface area contributed by atoms with Gasteiger partial charge >= 0.3 is 6.09 Å². The van der Waals surface area contributed by atoms with Gasteiger partial charge < -0.3 is 25.1 Å². The molecule has 2 unspecified atom stereocenters. The van der Waals surface area contributed by atoms with E-state index in [9.17, 15) is 9.18 Å². The molecule has 2 aliphatic heterocycles. The maximum atomic E-state index is 14.3. The summed E-state index contributed by atoms with van der Waals surface area (Å²) < 4.78 is 26.1. The van der Waals surface area contributed by atoms with Gasteiger partial charge in [0.2, 0.25) is 5.88 Å². The average molecular weight is 456 g/mol. The lowest BCUT2D eigenvalue weighted by molar-refractivity contribution is -0.00761. The lowest BCUT2D eigenvalue weighted by atomic mass is 10.00. The molecule has 2 aliphatic rings. The van der Waals surface area contributed by atoms with Gasteiger partial charge in [0, 0.05) is 31.1 Å². The number of hydrogen-bond donors (Lipinski definition) is 2. The summed E-state index contributed by atoms with van der Waals surface area (Å²) in [5.74, 6) is 0.162. The molecular formula is C24H30FN5O3. The standard InChI is InChI=1S/C24H30FN5O3/c1-14-5-8-20(19(25)9-14)29-21-18(12-26)22(28-13-27-21)32-17-10-15-6-7-16(11-17)30(15)23(31)33-24(2,3)4/h5,8-9,12-13,15-17,26H,6-7,10-11H2,1-4H3,(H,27,28,29). The van der Waals surface area contributed by atoms with Crippen LogP contribution < -0.4 is 10.1 Å². The average Bonchev–Trinajstić information content (AvgIpc) is 3.00. The second-order valence-corrected chi connectivity index (χ2v) is 9.68. The topological polar surface area (TPSA) is 100 Å². The molecule has 1 aromatic heterocycles. The van der Waals surface area contributed by atoms with Crippen LogP contribution in [0.2, 0.25) is 0 Å². The number of fused-ring (bicyclic) bond motifs is 2. The molecule has 0 aliphatic carbocycles. The Bertz CT molecular complexity index is 1040. The summed E-state index contributed by atoms with van der Waals surface area (Å²) >= 11 is 0. The summed E-state index contributed by atoms with van der Waals surface area (Å²) in [6.07, 6.45) is 5.14. The van der Waals surface area contributed by atoms with Crippen molar-refractivity contribution in [2.75, 3.05) is 5.32 Å². The van der Waals surface area contributed by atoms with Crippen LogP contribution in [0.5, 0.6) is 5.88 Å². The largest absolute Gasteiger partial charge is 0.474 e. The Morgan fingerprint density at radius 1 is 1.24 bits per heavy atom. The number of halogens is 1. The SMILES string of the molecule is Cc1ccc(Nc2ncnc(OC3CC4CCC(C3)N4C(=O)OC(C)(C)C)c2C=N)c(F)c1. The fraction of sp³-hybridized carbons (Fsp3) is 0.500. The first-order chi connectivity index (χ1) is 15.6. The Hall–Kier alpha value is -3.23. The Balaban J connectivity index is 1.48. The quantitative estimate of drug-likeness (QED) is 0.617. The maximum Gasteiger partial charge on any atom is 0.410 e. The van der Waals surface area contributed by atoms with Crippen molar-refractivity contribution in [1.29, 1.82) is 5.41 Å². The van der Waals surface area contributed by atoms with Crippen molar-refractivity contribution in [1.82, 2.24) is 14.9 Å². The molecule has 0 radical (unpaired) electrons. The van der Waals surface area contributed by atoms with E-state index in [4.69, 9.17) is 14.9 Å². The number of ether oxygens (including phenoxy) is 2. The number of piperidine rings is 1. The van der Waals surface area contributed by atoms with E-state index in [2.05, 4.69) is 15.3 Å². The molecule has 3 heterocycles. The number of carbonyl (C=O) groups is 1. The fourth-order valence-corrected chi connectivity index (χ4v) is 4.55. The van der Waals surface area contributed by atoms with E-state index < -0.39 is 11.4 Å². The van der Waals surface area contributed by atoms with E-state index in [1.54, 1.807) is 12.1 Å². The van der Waals surface area contributed by atoms with Crippen LogP contribution in [-0.2, 0) is 4.74 Å². The Morgan fingerprint density at radius 2 is 1.94 bits per heavy atom. The third-order valence-corrected chi connectivity index (χ3v) is 5.94. The van der Waals surface area contributed by atoms with Gasteiger partial charge in [-0.15, -0.1) is 0 Å². The minimum atomic E-state index is -0.538. The van der Waals surface area contributed by atoms with Crippen LogP contribution in [0.1, 0.15) is 57.6 Å². The third-order valence-electron chi connectivity index (χ3n) is 5.94. The van der Waals surface area contributed by atoms with Crippen molar-refractivity contribution in [2.45, 2.75) is 77.2 Å². The van der Waals surface area contributed by atoms with Crippen molar-refractivity contribution in [3.63, 3.8) is 0 Å². The molecule has 0 spiro atoms. The van der Waals surface area contributed by atoms with Gasteiger partial charge in [-0.1, -0.05) is 6.07 Å². The summed E-state index contributed by atoms with van der Waals surface area (Å²) in [5, 5.41) is 10.8. The van der Waals surface area contributed by atoms with E-state index in [1.807, 2.05) is 32.6 Å². The monoisotopic (exact) mass is 455 g/mol. The summed E-state index contributed by atoms with van der Waals surface area (Å²) in [5.41, 5.74) is 0.880. The molecule has 2 N–H and O–H groups in total. The molecule has 2 saturated heterocycles. The van der Waals surface area contributed by atoms with E-state index in [1.165, 1.54) is 12.4 Å². The lowest BCUT2D eigenvalue weighted by Crippen LogP contribution is -2.50. The zero-order valence-corrected chi connectivity index (χ0v) is 19.4. The minimum absolute atomic E-state index is 0.0492. The summed E-state index contributed by atoms with van der Waals surface area (Å²) in [7, 11) is 0. The molecule has 0 saturated carbocycles. The molecule has 2 fully saturated rings. The van der Waals surface area contributed by atoms with Crippen LogP contribution >= 0.6 is 0 Å². The van der Waals surface area contributed by atoms with Crippen LogP contribution in [0.4, 0.5) is 20.7 Å². The van der Waals surface area contributed by atoms with E-state index >= 15 is 0 Å². The first kappa shape index (κ1) is 22.9. The third kappa shape index (κ3) is 5.07. The number of benzene rings is 1. The number of nitrogens with zero attached hydrogens (tertiary/aromatic N) is 3. The molecule has 4 rings (SSSR count). The Labute approximate surface area is 193 Å². The van der Waals surface area contributed by atoms with Crippen LogP contribution in [-0.4, -0.2) is 51.0 Å². The zero-order chi connectivity index (χ0) is 23.8. The second kappa shape index (κ2) is 8.96. The minimum Gasteiger partial charge on any atom is -0.474 e. The highest BCUT2D eigenvalue weighted by atomic mass is 19.1. The van der Waals surface area contributed by atoms with Crippen LogP contribution in [0, 0.1) is 18.2 Å². The first-order valence-corrected chi connectivity index (χ1v) is 11.2. The second-order valence-electron chi connectivity index (χ2n) is 9.68. The maximum absolute atomic E-state index is 14.3. The molecule has 2 atom stereocenters. The van der Waals surface area contributed by atoms with Crippen LogP contribution in [0.15, 0.2) is 24.5 Å². The van der Waals surface area contributed by atoms with Crippen molar-refractivity contribution >= 4 is 23.8 Å². The van der Waals surface area contributed by atoms with Crippen molar-refractivity contribution < 1.29 is 18.7 Å². The van der Waals surface area contributed by atoms with Gasteiger partial charge in [-0.25, -0.2) is 19.2 Å².